The van der Waals surface area contributed by atoms with Gasteiger partial charge in [0.25, 0.3) is 0 Å². The van der Waals surface area contributed by atoms with E-state index in [9.17, 15) is 13.2 Å². The lowest BCUT2D eigenvalue weighted by molar-refractivity contribution is -0.150. The van der Waals surface area contributed by atoms with Gasteiger partial charge in [0.15, 0.2) is 0 Å². The fourth-order valence-corrected chi connectivity index (χ4v) is 1.89. The fraction of sp³-hybridized carbons (Fsp3) is 0.571. The molecule has 0 saturated heterocycles. The van der Waals surface area contributed by atoms with E-state index < -0.39 is 12.7 Å². The largest absolute Gasteiger partial charge is 0.494 e. The molecule has 0 heterocycles. The van der Waals surface area contributed by atoms with E-state index in [0.717, 1.165) is 0 Å². The first kappa shape index (κ1) is 16.6. The number of nitrogen functional groups attached to an aromatic ring is 1. The van der Waals surface area contributed by atoms with Crippen LogP contribution in [0.5, 0.6) is 5.75 Å². The molecule has 20 heavy (non-hydrogen) atoms. The topological polar surface area (TPSA) is 38.5 Å². The maximum atomic E-state index is 12.6. The lowest BCUT2D eigenvalue weighted by Gasteiger charge is -2.28. The third-order valence-corrected chi connectivity index (χ3v) is 2.87. The Balaban J connectivity index is 2.95. The number of nitrogens with two attached hydrogens (primary N) is 1. The summed E-state index contributed by atoms with van der Waals surface area (Å²) in [5, 5.41) is 0. The van der Waals surface area contributed by atoms with Crippen LogP contribution in [0.25, 0.3) is 0 Å². The standard InChI is InChI=1S/C14H21F3N2O/c1-4-20-13-6-5-12(18)7-11(13)8-19(10(2)3)9-14(15,16)17/h5-7,10H,4,8-9,18H2,1-3H3. The second kappa shape index (κ2) is 6.83. The molecule has 6 heteroatoms. The van der Waals surface area contributed by atoms with Gasteiger partial charge >= 0.3 is 6.18 Å². The van der Waals surface area contributed by atoms with Gasteiger partial charge in [0.1, 0.15) is 5.75 Å². The van der Waals surface area contributed by atoms with Crippen molar-refractivity contribution in [3.63, 3.8) is 0 Å². The molecular weight excluding hydrogens is 269 g/mol. The van der Waals surface area contributed by atoms with Crippen molar-refractivity contribution in [2.75, 3.05) is 18.9 Å². The molecule has 1 aromatic carbocycles. The minimum atomic E-state index is -4.23. The molecule has 3 nitrogen and oxygen atoms in total. The average molecular weight is 290 g/mol. The van der Waals surface area contributed by atoms with Gasteiger partial charge in [-0.05, 0) is 39.0 Å². The third-order valence-electron chi connectivity index (χ3n) is 2.87. The molecule has 0 bridgehead atoms. The van der Waals surface area contributed by atoms with Crippen LogP contribution in [0.1, 0.15) is 26.3 Å². The molecule has 0 fully saturated rings. The highest BCUT2D eigenvalue weighted by Gasteiger charge is 2.32. The Kier molecular flexibility index (Phi) is 5.68. The van der Waals surface area contributed by atoms with Crippen LogP contribution in [-0.2, 0) is 6.54 Å². The van der Waals surface area contributed by atoms with E-state index in [2.05, 4.69) is 0 Å². The van der Waals surface area contributed by atoms with Crippen molar-refractivity contribution in [1.82, 2.24) is 4.90 Å². The lowest BCUT2D eigenvalue weighted by Crippen LogP contribution is -2.38. The Morgan fingerprint density at radius 1 is 1.30 bits per heavy atom. The zero-order valence-electron chi connectivity index (χ0n) is 12.0. The first-order valence-corrected chi connectivity index (χ1v) is 6.55. The molecule has 2 N–H and O–H groups in total. The highest BCUT2D eigenvalue weighted by molar-refractivity contribution is 5.47. The summed E-state index contributed by atoms with van der Waals surface area (Å²) in [6, 6.07) is 4.81. The zero-order chi connectivity index (χ0) is 15.3. The normalized spacial score (nSPS) is 12.2. The Hall–Kier alpha value is -1.43. The highest BCUT2D eigenvalue weighted by atomic mass is 19.4. The third kappa shape index (κ3) is 5.28. The predicted molar refractivity (Wildman–Crippen MR) is 73.6 cm³/mol. The number of alkyl halides is 3. The number of rotatable bonds is 6. The Bertz CT molecular complexity index is 433. The number of benzene rings is 1. The molecule has 114 valence electrons. The van der Waals surface area contributed by atoms with E-state index in [0.29, 0.717) is 23.6 Å². The van der Waals surface area contributed by atoms with Gasteiger partial charge in [0.05, 0.1) is 13.2 Å². The average Bonchev–Trinajstić information content (AvgIpc) is 2.30. The molecule has 0 aliphatic heterocycles. The molecule has 0 aromatic heterocycles. The molecule has 0 radical (unpaired) electrons. The van der Waals surface area contributed by atoms with Crippen molar-refractivity contribution in [2.45, 2.75) is 39.5 Å². The second-order valence-corrected chi connectivity index (χ2v) is 4.91. The lowest BCUT2D eigenvalue weighted by atomic mass is 10.1. The van der Waals surface area contributed by atoms with Crippen molar-refractivity contribution >= 4 is 5.69 Å². The first-order chi connectivity index (χ1) is 9.23. The molecule has 0 atom stereocenters. The van der Waals surface area contributed by atoms with Crippen LogP contribution in [-0.4, -0.2) is 30.3 Å². The maximum absolute atomic E-state index is 12.6. The van der Waals surface area contributed by atoms with Gasteiger partial charge in [-0.1, -0.05) is 0 Å². The summed E-state index contributed by atoms with van der Waals surface area (Å²) >= 11 is 0. The molecule has 0 amide bonds. The minimum absolute atomic E-state index is 0.150. The van der Waals surface area contributed by atoms with Crippen LogP contribution >= 0.6 is 0 Å². The van der Waals surface area contributed by atoms with E-state index in [1.807, 2.05) is 6.92 Å². The predicted octanol–water partition coefficient (Wildman–Crippen LogP) is 3.44. The number of anilines is 1. The zero-order valence-corrected chi connectivity index (χ0v) is 12.0. The second-order valence-electron chi connectivity index (χ2n) is 4.91. The van der Waals surface area contributed by atoms with E-state index in [-0.39, 0.29) is 12.6 Å². The van der Waals surface area contributed by atoms with Crippen LogP contribution in [0.2, 0.25) is 0 Å². The molecule has 0 aliphatic rings. The van der Waals surface area contributed by atoms with Crippen molar-refractivity contribution in [3.05, 3.63) is 23.8 Å². The van der Waals surface area contributed by atoms with E-state index in [1.165, 1.54) is 4.90 Å². The Morgan fingerprint density at radius 3 is 2.45 bits per heavy atom. The van der Waals surface area contributed by atoms with E-state index in [1.54, 1.807) is 32.0 Å². The Labute approximate surface area is 117 Å². The van der Waals surface area contributed by atoms with Crippen LogP contribution in [0.4, 0.5) is 18.9 Å². The summed E-state index contributed by atoms with van der Waals surface area (Å²) in [7, 11) is 0. The quantitative estimate of drug-likeness (QED) is 0.816. The highest BCUT2D eigenvalue weighted by Crippen LogP contribution is 2.26. The number of hydrogen-bond acceptors (Lipinski definition) is 3. The van der Waals surface area contributed by atoms with Gasteiger partial charge in [0.2, 0.25) is 0 Å². The van der Waals surface area contributed by atoms with Gasteiger partial charge in [-0.3, -0.25) is 4.90 Å². The first-order valence-electron chi connectivity index (χ1n) is 6.55. The summed E-state index contributed by atoms with van der Waals surface area (Å²) < 4.78 is 43.2. The molecule has 1 aromatic rings. The monoisotopic (exact) mass is 290 g/mol. The number of hydrogen-bond donors (Lipinski definition) is 1. The number of ether oxygens (including phenoxy) is 1. The summed E-state index contributed by atoms with van der Waals surface area (Å²) in [4.78, 5) is 1.34. The summed E-state index contributed by atoms with van der Waals surface area (Å²) in [6.07, 6.45) is -4.23. The fourth-order valence-electron chi connectivity index (χ4n) is 1.89. The van der Waals surface area contributed by atoms with Crippen molar-refractivity contribution in [2.24, 2.45) is 0 Å². The minimum Gasteiger partial charge on any atom is -0.494 e. The van der Waals surface area contributed by atoms with Gasteiger partial charge in [-0.15, -0.1) is 0 Å². The maximum Gasteiger partial charge on any atom is 0.401 e. The van der Waals surface area contributed by atoms with Gasteiger partial charge in [0, 0.05) is 23.8 Å². The molecular formula is C14H21F3N2O. The molecule has 0 spiro atoms. The molecule has 1 rings (SSSR count). The van der Waals surface area contributed by atoms with Gasteiger partial charge in [-0.25, -0.2) is 0 Å². The van der Waals surface area contributed by atoms with Crippen molar-refractivity contribution in [1.29, 1.82) is 0 Å². The number of nitrogens with zero attached hydrogens (tertiary/aromatic N) is 1. The summed E-state index contributed by atoms with van der Waals surface area (Å²) in [5.74, 6) is 0.578. The summed E-state index contributed by atoms with van der Waals surface area (Å²) in [6.45, 7) is 4.95. The number of halogens is 3. The van der Waals surface area contributed by atoms with Crippen molar-refractivity contribution < 1.29 is 17.9 Å². The van der Waals surface area contributed by atoms with Crippen LogP contribution in [0, 0.1) is 0 Å². The van der Waals surface area contributed by atoms with Crippen LogP contribution in [0.15, 0.2) is 18.2 Å². The molecule has 0 saturated carbocycles. The Morgan fingerprint density at radius 2 is 1.95 bits per heavy atom. The van der Waals surface area contributed by atoms with E-state index >= 15 is 0 Å². The van der Waals surface area contributed by atoms with Crippen molar-refractivity contribution in [3.8, 4) is 5.75 Å². The van der Waals surface area contributed by atoms with Gasteiger partial charge < -0.3 is 10.5 Å². The van der Waals surface area contributed by atoms with Crippen LogP contribution < -0.4 is 10.5 Å². The van der Waals surface area contributed by atoms with E-state index in [4.69, 9.17) is 10.5 Å². The smallest absolute Gasteiger partial charge is 0.401 e. The SMILES string of the molecule is CCOc1ccc(N)cc1CN(CC(F)(F)F)C(C)C. The summed E-state index contributed by atoms with van der Waals surface area (Å²) in [5.41, 5.74) is 6.89. The van der Waals surface area contributed by atoms with Crippen LogP contribution in [0.3, 0.4) is 0 Å². The van der Waals surface area contributed by atoms with Gasteiger partial charge in [-0.2, -0.15) is 13.2 Å². The molecule has 0 unspecified atom stereocenters. The molecule has 0 aliphatic carbocycles.